The molecule has 33 heavy (non-hydrogen) atoms. The number of nitrogens with zero attached hydrogens (tertiary/aromatic N) is 2. The van der Waals surface area contributed by atoms with Crippen molar-refractivity contribution in [3.8, 4) is 0 Å². The van der Waals surface area contributed by atoms with Gasteiger partial charge in [0.1, 0.15) is 0 Å². The zero-order valence-corrected chi connectivity index (χ0v) is 20.2. The largest absolute Gasteiger partial charge is 0.465 e. The van der Waals surface area contributed by atoms with Crippen LogP contribution in [0.2, 0.25) is 0 Å². The minimum Gasteiger partial charge on any atom is -0.465 e. The first kappa shape index (κ1) is 21.7. The van der Waals surface area contributed by atoms with Gasteiger partial charge in [-0.2, -0.15) is 0 Å². The highest BCUT2D eigenvalue weighted by molar-refractivity contribution is 7.19. The van der Waals surface area contributed by atoms with Gasteiger partial charge in [-0.1, -0.05) is 0 Å². The van der Waals surface area contributed by atoms with Crippen molar-refractivity contribution in [2.75, 3.05) is 14.2 Å². The average Bonchev–Trinajstić information content (AvgIpc) is 3.54. The molecule has 0 N–H and O–H groups in total. The van der Waals surface area contributed by atoms with Gasteiger partial charge in [0.2, 0.25) is 0 Å². The molecule has 166 valence electrons. The summed E-state index contributed by atoms with van der Waals surface area (Å²) in [5.41, 5.74) is 2.85. The zero-order chi connectivity index (χ0) is 22.9. The van der Waals surface area contributed by atoms with E-state index < -0.39 is 0 Å². The van der Waals surface area contributed by atoms with Gasteiger partial charge < -0.3 is 9.47 Å². The molecule has 0 fully saturated rings. The maximum Gasteiger partial charge on any atom is 0.337 e. The second kappa shape index (κ2) is 9.01. The van der Waals surface area contributed by atoms with Gasteiger partial charge in [-0.05, 0) is 48.5 Å². The number of aromatic nitrogens is 2. The van der Waals surface area contributed by atoms with E-state index in [-0.39, 0.29) is 11.9 Å². The van der Waals surface area contributed by atoms with E-state index in [0.717, 1.165) is 43.3 Å². The molecule has 3 aromatic heterocycles. The topological polar surface area (TPSA) is 78.4 Å². The number of hydrogen-bond donors (Lipinski definition) is 0. The van der Waals surface area contributed by atoms with Crippen LogP contribution < -0.4 is 0 Å². The molecule has 0 spiro atoms. The van der Waals surface area contributed by atoms with Crippen LogP contribution in [-0.4, -0.2) is 36.1 Å². The lowest BCUT2D eigenvalue weighted by Crippen LogP contribution is -1.99. The van der Waals surface area contributed by atoms with E-state index in [0.29, 0.717) is 11.1 Å². The summed E-state index contributed by atoms with van der Waals surface area (Å²) in [6.07, 6.45) is 1.50. The van der Waals surface area contributed by atoms with Crippen molar-refractivity contribution in [1.29, 1.82) is 0 Å². The van der Waals surface area contributed by atoms with Crippen LogP contribution in [0, 0.1) is 0 Å². The Morgan fingerprint density at radius 2 is 1.15 bits per heavy atom. The first-order valence-corrected chi connectivity index (χ1v) is 12.5. The summed E-state index contributed by atoms with van der Waals surface area (Å²) >= 11 is 4.94. The number of thiazole rings is 2. The van der Waals surface area contributed by atoms with Gasteiger partial charge in [0.25, 0.3) is 0 Å². The second-order valence-electron chi connectivity index (χ2n) is 7.28. The van der Waals surface area contributed by atoms with Crippen molar-refractivity contribution < 1.29 is 19.1 Å². The molecule has 0 radical (unpaired) electrons. The number of carbonyl (C=O) groups excluding carboxylic acids is 2. The van der Waals surface area contributed by atoms with Crippen LogP contribution in [0.1, 0.15) is 40.5 Å². The van der Waals surface area contributed by atoms with Crippen LogP contribution in [0.25, 0.3) is 20.4 Å². The predicted octanol–water partition coefficient (Wildman–Crippen LogP) is 5.72. The van der Waals surface area contributed by atoms with Crippen molar-refractivity contribution in [2.45, 2.75) is 12.8 Å². The monoisotopic (exact) mass is 494 g/mol. The number of ether oxygens (including phenoxy) is 2. The second-order valence-corrected chi connectivity index (χ2v) is 10.8. The summed E-state index contributed by atoms with van der Waals surface area (Å²) in [6.45, 7) is 0. The summed E-state index contributed by atoms with van der Waals surface area (Å²) in [5.74, 6) is -0.683. The van der Waals surface area contributed by atoms with Crippen molar-refractivity contribution in [2.24, 2.45) is 0 Å². The molecule has 0 aliphatic rings. The molecule has 0 saturated heterocycles. The summed E-state index contributed by atoms with van der Waals surface area (Å²) in [4.78, 5) is 35.4. The zero-order valence-electron chi connectivity index (χ0n) is 17.8. The Bertz CT molecular complexity index is 1390. The number of rotatable bonds is 6. The van der Waals surface area contributed by atoms with E-state index >= 15 is 0 Å². The van der Waals surface area contributed by atoms with Crippen molar-refractivity contribution >= 4 is 66.4 Å². The van der Waals surface area contributed by atoms with E-state index in [1.807, 2.05) is 24.3 Å². The Morgan fingerprint density at radius 3 is 1.58 bits per heavy atom. The normalized spacial score (nSPS) is 11.2. The fourth-order valence-corrected chi connectivity index (χ4v) is 6.76. The molecule has 5 aromatic rings. The molecule has 0 aliphatic heterocycles. The molecule has 2 aromatic carbocycles. The average molecular weight is 495 g/mol. The molecule has 0 saturated carbocycles. The predicted molar refractivity (Wildman–Crippen MR) is 132 cm³/mol. The summed E-state index contributed by atoms with van der Waals surface area (Å²) in [5, 5.41) is 2.02. The first-order valence-electron chi connectivity index (χ1n) is 10.1. The van der Waals surface area contributed by atoms with Gasteiger partial charge in [-0.25, -0.2) is 19.6 Å². The van der Waals surface area contributed by atoms with Gasteiger partial charge in [0.05, 0.1) is 55.8 Å². The molecule has 0 atom stereocenters. The lowest BCUT2D eigenvalue weighted by molar-refractivity contribution is 0.0592. The summed E-state index contributed by atoms with van der Waals surface area (Å²) in [7, 11) is 2.76. The van der Waals surface area contributed by atoms with Gasteiger partial charge in [-0.15, -0.1) is 34.0 Å². The van der Waals surface area contributed by atoms with Crippen LogP contribution in [0.3, 0.4) is 0 Å². The van der Waals surface area contributed by atoms with Crippen LogP contribution in [-0.2, 0) is 22.3 Å². The number of methoxy groups -OCH3 is 2. The van der Waals surface area contributed by atoms with Crippen molar-refractivity contribution in [1.82, 2.24) is 9.97 Å². The molecule has 0 unspecified atom stereocenters. The van der Waals surface area contributed by atoms with Gasteiger partial charge in [-0.3, -0.25) is 0 Å². The van der Waals surface area contributed by atoms with Crippen LogP contribution in [0.5, 0.6) is 0 Å². The van der Waals surface area contributed by atoms with E-state index in [9.17, 15) is 9.59 Å². The number of hydrogen-bond acceptors (Lipinski definition) is 9. The lowest BCUT2D eigenvalue weighted by atomic mass is 10.2. The first-order chi connectivity index (χ1) is 16.0. The molecule has 5 rings (SSSR count). The van der Waals surface area contributed by atoms with E-state index in [1.165, 1.54) is 24.0 Å². The van der Waals surface area contributed by atoms with Gasteiger partial charge >= 0.3 is 11.9 Å². The highest BCUT2D eigenvalue weighted by Gasteiger charge is 2.13. The van der Waals surface area contributed by atoms with Crippen LogP contribution in [0.4, 0.5) is 0 Å². The number of carbonyl (C=O) groups is 2. The molecule has 9 heteroatoms. The molecule has 0 bridgehead atoms. The van der Waals surface area contributed by atoms with E-state index in [1.54, 1.807) is 46.1 Å². The number of fused-ring (bicyclic) bond motifs is 2. The Balaban J connectivity index is 1.31. The van der Waals surface area contributed by atoms with Gasteiger partial charge in [0, 0.05) is 22.6 Å². The molecular formula is C24H18N2O4S3. The van der Waals surface area contributed by atoms with E-state index in [2.05, 4.69) is 12.1 Å². The molecular weight excluding hydrogens is 476 g/mol. The Labute approximate surface area is 201 Å². The maximum atomic E-state index is 11.8. The highest BCUT2D eigenvalue weighted by Crippen LogP contribution is 2.30. The highest BCUT2D eigenvalue weighted by atomic mass is 32.1. The van der Waals surface area contributed by atoms with Crippen LogP contribution >= 0.6 is 34.0 Å². The molecule has 6 nitrogen and oxygen atoms in total. The lowest BCUT2D eigenvalue weighted by Gasteiger charge is -1.97. The SMILES string of the molecule is COC(=O)c1ccc2nc(Cc3ccc(Cc4nc5ccc(C(=O)OC)cc5s4)s3)sc2c1. The minimum absolute atomic E-state index is 0.342. The molecule has 0 amide bonds. The van der Waals surface area contributed by atoms with Gasteiger partial charge in [0.15, 0.2) is 0 Å². The third kappa shape index (κ3) is 4.52. The third-order valence-corrected chi connectivity index (χ3v) is 8.20. The van der Waals surface area contributed by atoms with Crippen LogP contribution in [0.15, 0.2) is 48.5 Å². The number of benzene rings is 2. The summed E-state index contributed by atoms with van der Waals surface area (Å²) in [6, 6.07) is 15.1. The minimum atomic E-state index is -0.342. The summed E-state index contributed by atoms with van der Waals surface area (Å²) < 4.78 is 11.6. The van der Waals surface area contributed by atoms with Crippen molar-refractivity contribution in [3.63, 3.8) is 0 Å². The smallest absolute Gasteiger partial charge is 0.337 e. The fraction of sp³-hybridized carbons (Fsp3) is 0.167. The Hall–Kier alpha value is -3.14. The Kier molecular flexibility index (Phi) is 5.92. The standard InChI is InChI=1S/C24H18N2O4S3/c1-29-23(27)13-3-7-17-19(9-13)32-21(25-17)11-15-5-6-16(31-15)12-22-26-18-8-4-14(24(28)30-2)10-20(18)33-22/h3-10H,11-12H2,1-2H3. The third-order valence-electron chi connectivity index (χ3n) is 5.08. The maximum absolute atomic E-state index is 11.8. The Morgan fingerprint density at radius 1 is 0.697 bits per heavy atom. The number of thiophene rings is 1. The molecule has 0 aliphatic carbocycles. The van der Waals surface area contributed by atoms with Crippen molar-refractivity contribution in [3.05, 3.63) is 79.4 Å². The number of esters is 2. The fourth-order valence-electron chi connectivity index (χ4n) is 3.50. The van der Waals surface area contributed by atoms with E-state index in [4.69, 9.17) is 19.4 Å². The molecule has 3 heterocycles. The quantitative estimate of drug-likeness (QED) is 0.281.